The lowest BCUT2D eigenvalue weighted by molar-refractivity contribution is -0.140. The van der Waals surface area contributed by atoms with E-state index in [0.717, 1.165) is 48.4 Å². The molecule has 1 N–H and O–H groups in total. The first-order valence-corrected chi connectivity index (χ1v) is 7.87. The first-order chi connectivity index (χ1) is 9.63. The summed E-state index contributed by atoms with van der Waals surface area (Å²) >= 11 is 0. The van der Waals surface area contributed by atoms with Crippen LogP contribution in [0.3, 0.4) is 0 Å². The van der Waals surface area contributed by atoms with E-state index in [9.17, 15) is 4.79 Å². The van der Waals surface area contributed by atoms with E-state index in [2.05, 4.69) is 10.3 Å². The van der Waals surface area contributed by atoms with E-state index in [1.807, 2.05) is 19.1 Å². The first-order valence-electron chi connectivity index (χ1n) is 7.87. The molecule has 1 aromatic heterocycles. The van der Waals surface area contributed by atoms with Crippen LogP contribution in [0.4, 0.5) is 5.69 Å². The molecule has 3 nitrogen and oxygen atoms in total. The third kappa shape index (κ3) is 1.95. The lowest BCUT2D eigenvalue weighted by Gasteiger charge is -2.55. The second-order valence-corrected chi connectivity index (χ2v) is 7.34. The molecule has 0 spiro atoms. The molecule has 4 bridgehead atoms. The summed E-state index contributed by atoms with van der Waals surface area (Å²) in [5.74, 6) is 2.70. The summed E-state index contributed by atoms with van der Waals surface area (Å²) in [4.78, 5) is 17.0. The van der Waals surface area contributed by atoms with Crippen molar-refractivity contribution in [1.82, 2.24) is 4.98 Å². The van der Waals surface area contributed by atoms with Crippen molar-refractivity contribution in [3.63, 3.8) is 0 Å². The third-order valence-corrected chi connectivity index (χ3v) is 5.67. The van der Waals surface area contributed by atoms with Gasteiger partial charge in [0.2, 0.25) is 5.91 Å². The molecule has 0 atom stereocenters. The standard InChI is InChI=1S/C17H22N2O/c1-11-4-15(2-3-18-11)19-16(20)17-8-12-5-13(9-17)7-14(6-12)10-17/h2-4,12-14H,5-10H2,1H3,(H,18,19,20). The molecule has 4 aliphatic rings. The van der Waals surface area contributed by atoms with Crippen LogP contribution >= 0.6 is 0 Å². The number of rotatable bonds is 2. The molecule has 0 aliphatic heterocycles. The van der Waals surface area contributed by atoms with Crippen molar-refractivity contribution in [2.45, 2.75) is 45.4 Å². The number of anilines is 1. The van der Waals surface area contributed by atoms with E-state index in [1.165, 1.54) is 19.3 Å². The fourth-order valence-electron chi connectivity index (χ4n) is 5.28. The number of carbonyl (C=O) groups is 1. The number of hydrogen-bond acceptors (Lipinski definition) is 2. The summed E-state index contributed by atoms with van der Waals surface area (Å²) in [6.07, 6.45) is 9.26. The Labute approximate surface area is 120 Å². The van der Waals surface area contributed by atoms with Crippen LogP contribution in [0.1, 0.15) is 44.2 Å². The van der Waals surface area contributed by atoms with Crippen LogP contribution in [0.15, 0.2) is 18.3 Å². The molecule has 1 amide bonds. The van der Waals surface area contributed by atoms with Crippen molar-refractivity contribution in [2.24, 2.45) is 23.2 Å². The minimum Gasteiger partial charge on any atom is -0.325 e. The Kier molecular flexibility index (Phi) is 2.66. The number of carbonyl (C=O) groups excluding carboxylic acids is 1. The maximum atomic E-state index is 12.8. The molecule has 1 aromatic rings. The van der Waals surface area contributed by atoms with Gasteiger partial charge in [0.05, 0.1) is 5.41 Å². The monoisotopic (exact) mass is 270 g/mol. The summed E-state index contributed by atoms with van der Waals surface area (Å²) in [6.45, 7) is 1.96. The van der Waals surface area contributed by atoms with E-state index >= 15 is 0 Å². The highest BCUT2D eigenvalue weighted by molar-refractivity contribution is 5.95. The minimum atomic E-state index is -0.0636. The Hall–Kier alpha value is -1.38. The van der Waals surface area contributed by atoms with Gasteiger partial charge in [0.25, 0.3) is 0 Å². The molecule has 0 saturated heterocycles. The molecular weight excluding hydrogens is 248 g/mol. The molecule has 4 saturated carbocycles. The molecule has 1 heterocycles. The van der Waals surface area contributed by atoms with Crippen LogP contribution < -0.4 is 5.32 Å². The lowest BCUT2D eigenvalue weighted by atomic mass is 9.49. The van der Waals surface area contributed by atoms with Crippen molar-refractivity contribution < 1.29 is 4.79 Å². The largest absolute Gasteiger partial charge is 0.325 e. The van der Waals surface area contributed by atoms with E-state index < -0.39 is 0 Å². The second kappa shape index (κ2) is 4.31. The zero-order valence-corrected chi connectivity index (χ0v) is 12.1. The molecule has 0 aromatic carbocycles. The van der Waals surface area contributed by atoms with Gasteiger partial charge in [-0.05, 0) is 75.3 Å². The highest BCUT2D eigenvalue weighted by Crippen LogP contribution is 2.60. The lowest BCUT2D eigenvalue weighted by Crippen LogP contribution is -2.51. The predicted molar refractivity (Wildman–Crippen MR) is 78.2 cm³/mol. The van der Waals surface area contributed by atoms with Gasteiger partial charge in [-0.1, -0.05) is 0 Å². The summed E-state index contributed by atoms with van der Waals surface area (Å²) in [6, 6.07) is 3.85. The average molecular weight is 270 g/mol. The summed E-state index contributed by atoms with van der Waals surface area (Å²) in [7, 11) is 0. The normalized spacial score (nSPS) is 38.0. The van der Waals surface area contributed by atoms with Gasteiger partial charge in [-0.15, -0.1) is 0 Å². The number of aryl methyl sites for hydroxylation is 1. The predicted octanol–water partition coefficient (Wildman–Crippen LogP) is 3.54. The molecule has 20 heavy (non-hydrogen) atoms. The Morgan fingerprint density at radius 1 is 1.20 bits per heavy atom. The first kappa shape index (κ1) is 12.4. The van der Waals surface area contributed by atoms with Gasteiger partial charge in [0.15, 0.2) is 0 Å². The van der Waals surface area contributed by atoms with Crippen LogP contribution in [0.25, 0.3) is 0 Å². The van der Waals surface area contributed by atoms with Crippen molar-refractivity contribution in [1.29, 1.82) is 0 Å². The topological polar surface area (TPSA) is 42.0 Å². The number of pyridine rings is 1. The Morgan fingerprint density at radius 3 is 2.35 bits per heavy atom. The summed E-state index contributed by atoms with van der Waals surface area (Å²) in [5, 5.41) is 3.16. The zero-order valence-electron chi connectivity index (χ0n) is 12.1. The van der Waals surface area contributed by atoms with Crippen LogP contribution in [0, 0.1) is 30.1 Å². The smallest absolute Gasteiger partial charge is 0.230 e. The van der Waals surface area contributed by atoms with Crippen molar-refractivity contribution >= 4 is 11.6 Å². The molecule has 5 rings (SSSR count). The van der Waals surface area contributed by atoms with E-state index in [0.29, 0.717) is 0 Å². The van der Waals surface area contributed by atoms with Crippen LogP contribution in [-0.2, 0) is 4.79 Å². The van der Waals surface area contributed by atoms with Gasteiger partial charge in [0, 0.05) is 17.6 Å². The maximum absolute atomic E-state index is 12.8. The minimum absolute atomic E-state index is 0.0636. The number of nitrogens with zero attached hydrogens (tertiary/aromatic N) is 1. The van der Waals surface area contributed by atoms with Crippen molar-refractivity contribution in [3.8, 4) is 0 Å². The van der Waals surface area contributed by atoms with Crippen LogP contribution in [0.2, 0.25) is 0 Å². The highest BCUT2D eigenvalue weighted by Gasteiger charge is 2.54. The van der Waals surface area contributed by atoms with E-state index in [1.54, 1.807) is 6.20 Å². The summed E-state index contributed by atoms with van der Waals surface area (Å²) in [5.41, 5.74) is 1.79. The van der Waals surface area contributed by atoms with E-state index in [-0.39, 0.29) is 11.3 Å². The SMILES string of the molecule is Cc1cc(NC(=O)C23CC4CC(CC(C4)C2)C3)ccn1. The van der Waals surface area contributed by atoms with Gasteiger partial charge in [-0.2, -0.15) is 0 Å². The van der Waals surface area contributed by atoms with Gasteiger partial charge in [0.1, 0.15) is 0 Å². The average Bonchev–Trinajstić information content (AvgIpc) is 2.37. The van der Waals surface area contributed by atoms with Crippen LogP contribution in [-0.4, -0.2) is 10.9 Å². The molecule has 0 radical (unpaired) electrons. The van der Waals surface area contributed by atoms with Crippen molar-refractivity contribution in [2.75, 3.05) is 5.32 Å². The highest BCUT2D eigenvalue weighted by atomic mass is 16.2. The fourth-order valence-corrected chi connectivity index (χ4v) is 5.28. The zero-order chi connectivity index (χ0) is 13.7. The van der Waals surface area contributed by atoms with E-state index in [4.69, 9.17) is 0 Å². The van der Waals surface area contributed by atoms with Gasteiger partial charge >= 0.3 is 0 Å². The molecule has 0 unspecified atom stereocenters. The number of aromatic nitrogens is 1. The van der Waals surface area contributed by atoms with Gasteiger partial charge in [-0.3, -0.25) is 9.78 Å². The Morgan fingerprint density at radius 2 is 1.80 bits per heavy atom. The second-order valence-electron chi connectivity index (χ2n) is 7.34. The number of nitrogens with one attached hydrogen (secondary N) is 1. The van der Waals surface area contributed by atoms with Crippen LogP contribution in [0.5, 0.6) is 0 Å². The molecule has 106 valence electrons. The molecule has 4 fully saturated rings. The number of hydrogen-bond donors (Lipinski definition) is 1. The summed E-state index contributed by atoms with van der Waals surface area (Å²) < 4.78 is 0. The van der Waals surface area contributed by atoms with Gasteiger partial charge < -0.3 is 5.32 Å². The van der Waals surface area contributed by atoms with Crippen molar-refractivity contribution in [3.05, 3.63) is 24.0 Å². The Balaban J connectivity index is 1.56. The Bertz CT molecular complexity index is 516. The molecular formula is C17H22N2O. The third-order valence-electron chi connectivity index (χ3n) is 5.67. The number of amides is 1. The maximum Gasteiger partial charge on any atom is 0.230 e. The molecule has 3 heteroatoms. The molecule has 4 aliphatic carbocycles. The fraction of sp³-hybridized carbons (Fsp3) is 0.647. The van der Waals surface area contributed by atoms with Gasteiger partial charge in [-0.25, -0.2) is 0 Å². The quantitative estimate of drug-likeness (QED) is 0.893.